The van der Waals surface area contributed by atoms with Gasteiger partial charge in [0, 0.05) is 33.1 Å². The number of hydrogen-bond acceptors (Lipinski definition) is 7. The van der Waals surface area contributed by atoms with Gasteiger partial charge in [0.2, 0.25) is 15.9 Å². The van der Waals surface area contributed by atoms with Crippen molar-refractivity contribution in [3.8, 4) is 6.07 Å². The van der Waals surface area contributed by atoms with Crippen LogP contribution in [0.5, 0.6) is 0 Å². The number of likely N-dealkylation sites (N-methyl/N-ethyl adjacent to an activating group) is 1. The van der Waals surface area contributed by atoms with Crippen LogP contribution in [0.25, 0.3) is 0 Å². The number of carbonyl (C=O) groups is 3. The van der Waals surface area contributed by atoms with Crippen LogP contribution < -0.4 is 5.48 Å². The van der Waals surface area contributed by atoms with Gasteiger partial charge in [-0.15, -0.1) is 0 Å². The van der Waals surface area contributed by atoms with Crippen molar-refractivity contribution in [2.45, 2.75) is 84.1 Å². The highest BCUT2D eigenvalue weighted by molar-refractivity contribution is 7.89. The second kappa shape index (κ2) is 14.4. The second-order valence-corrected chi connectivity index (χ2v) is 11.5. The first-order valence-electron chi connectivity index (χ1n) is 12.3. The Morgan fingerprint density at radius 3 is 2.31 bits per heavy atom. The summed E-state index contributed by atoms with van der Waals surface area (Å²) in [6.07, 6.45) is 6.18. The average molecular weight is 516 g/mol. The van der Waals surface area contributed by atoms with Crippen molar-refractivity contribution in [3.05, 3.63) is 0 Å². The summed E-state index contributed by atoms with van der Waals surface area (Å²) < 4.78 is 27.5. The van der Waals surface area contributed by atoms with Gasteiger partial charge in [0.25, 0.3) is 5.91 Å². The van der Waals surface area contributed by atoms with E-state index in [1.54, 1.807) is 13.8 Å². The number of nitrogens with zero attached hydrogens (tertiary/aromatic N) is 4. The van der Waals surface area contributed by atoms with Crippen molar-refractivity contribution >= 4 is 27.9 Å². The molecule has 0 aromatic carbocycles. The van der Waals surface area contributed by atoms with Gasteiger partial charge < -0.3 is 4.90 Å². The summed E-state index contributed by atoms with van der Waals surface area (Å²) in [5.41, 5.74) is 0.556. The molecule has 1 aliphatic heterocycles. The normalized spacial score (nSPS) is 16.6. The molecule has 1 rings (SSSR count). The Kier molecular flexibility index (Phi) is 12.6. The lowest BCUT2D eigenvalue weighted by Crippen LogP contribution is -2.42. The molecule has 1 aliphatic rings. The van der Waals surface area contributed by atoms with E-state index in [0.717, 1.165) is 37.0 Å². The summed E-state index contributed by atoms with van der Waals surface area (Å²) in [5.74, 6) is -2.81. The molecule has 0 radical (unpaired) electrons. The molecule has 1 fully saturated rings. The average Bonchev–Trinajstić information content (AvgIpc) is 2.96. The number of sulfonamides is 1. The van der Waals surface area contributed by atoms with Gasteiger partial charge in [-0.2, -0.15) is 5.26 Å². The Hall–Kier alpha value is -2.23. The predicted octanol–water partition coefficient (Wildman–Crippen LogP) is 2.47. The zero-order valence-electron chi connectivity index (χ0n) is 21.5. The molecule has 0 saturated carbocycles. The van der Waals surface area contributed by atoms with Gasteiger partial charge in [-0.25, -0.2) is 23.0 Å². The highest BCUT2D eigenvalue weighted by Gasteiger charge is 2.48. The minimum absolute atomic E-state index is 0.0361. The highest BCUT2D eigenvalue weighted by atomic mass is 32.2. The lowest BCUT2D eigenvalue weighted by molar-refractivity contribution is -0.133. The molecule has 35 heavy (non-hydrogen) atoms. The van der Waals surface area contributed by atoms with Gasteiger partial charge in [-0.1, -0.05) is 39.0 Å². The van der Waals surface area contributed by atoms with E-state index in [9.17, 15) is 22.8 Å². The number of hydroxylamine groups is 1. The molecule has 1 atom stereocenters. The monoisotopic (exact) mass is 515 g/mol. The standard InChI is InChI=1S/C23H41N5O6S/c1-5-6-7-8-9-10-15-27(16-12-14-24)35(33,34)18-19(20(29)25-32)13-11-17-28-21(30)23(2,3)26(4)22(28)31/h19,32H,5-13,15-18H2,1-4H3,(H,25,29). The van der Waals surface area contributed by atoms with Gasteiger partial charge in [0.05, 0.1) is 17.7 Å². The third-order valence-electron chi connectivity index (χ3n) is 6.58. The van der Waals surface area contributed by atoms with Crippen molar-refractivity contribution in [3.63, 3.8) is 0 Å². The number of rotatable bonds is 17. The number of urea groups is 1. The van der Waals surface area contributed by atoms with Crippen LogP contribution in [0.1, 0.15) is 78.6 Å². The van der Waals surface area contributed by atoms with Gasteiger partial charge >= 0.3 is 6.03 Å². The minimum atomic E-state index is -3.89. The largest absolute Gasteiger partial charge is 0.327 e. The van der Waals surface area contributed by atoms with E-state index in [1.807, 2.05) is 6.07 Å². The molecule has 0 aromatic heterocycles. The first-order valence-corrected chi connectivity index (χ1v) is 13.9. The lowest BCUT2D eigenvalue weighted by Gasteiger charge is -2.24. The van der Waals surface area contributed by atoms with Crippen LogP contribution in [0.2, 0.25) is 0 Å². The summed E-state index contributed by atoms with van der Waals surface area (Å²) in [5, 5.41) is 18.1. The molecule has 1 unspecified atom stereocenters. The third kappa shape index (κ3) is 8.74. The van der Waals surface area contributed by atoms with E-state index in [4.69, 9.17) is 10.5 Å². The van der Waals surface area contributed by atoms with Crippen molar-refractivity contribution < 1.29 is 28.0 Å². The molecule has 12 heteroatoms. The van der Waals surface area contributed by atoms with Crippen molar-refractivity contribution in [1.82, 2.24) is 19.6 Å². The number of hydrogen-bond donors (Lipinski definition) is 2. The van der Waals surface area contributed by atoms with Gasteiger partial charge in [0.15, 0.2) is 0 Å². The number of nitriles is 1. The Labute approximate surface area is 209 Å². The van der Waals surface area contributed by atoms with Crippen LogP contribution in [0, 0.1) is 17.2 Å². The third-order valence-corrected chi connectivity index (χ3v) is 8.55. The summed E-state index contributed by atoms with van der Waals surface area (Å²) in [6, 6.07) is 1.51. The maximum Gasteiger partial charge on any atom is 0.327 e. The zero-order chi connectivity index (χ0) is 26.6. The van der Waals surface area contributed by atoms with Crippen LogP contribution >= 0.6 is 0 Å². The minimum Gasteiger partial charge on any atom is -0.313 e. The Morgan fingerprint density at radius 2 is 1.77 bits per heavy atom. The highest BCUT2D eigenvalue weighted by Crippen LogP contribution is 2.26. The SMILES string of the molecule is CCCCCCCCN(CCC#N)S(=O)(=O)CC(CCCN1C(=O)N(C)C(C)(C)C1=O)C(=O)NO. The molecule has 200 valence electrons. The first kappa shape index (κ1) is 30.8. The number of imide groups is 1. The zero-order valence-corrected chi connectivity index (χ0v) is 22.3. The van der Waals surface area contributed by atoms with E-state index in [0.29, 0.717) is 6.42 Å². The smallest absolute Gasteiger partial charge is 0.313 e. The predicted molar refractivity (Wildman–Crippen MR) is 131 cm³/mol. The summed E-state index contributed by atoms with van der Waals surface area (Å²) in [7, 11) is -2.35. The fourth-order valence-electron chi connectivity index (χ4n) is 4.05. The molecule has 2 N–H and O–H groups in total. The molecule has 1 saturated heterocycles. The van der Waals surface area contributed by atoms with E-state index in [-0.39, 0.29) is 44.8 Å². The molecule has 1 heterocycles. The summed E-state index contributed by atoms with van der Waals surface area (Å²) in [4.78, 5) is 39.6. The number of amides is 4. The molecule has 0 bridgehead atoms. The van der Waals surface area contributed by atoms with Crippen molar-refractivity contribution in [1.29, 1.82) is 5.26 Å². The molecule has 11 nitrogen and oxygen atoms in total. The van der Waals surface area contributed by atoms with E-state index in [2.05, 4.69) is 6.92 Å². The fourth-order valence-corrected chi connectivity index (χ4v) is 5.86. The van der Waals surface area contributed by atoms with Crippen LogP contribution in [0.15, 0.2) is 0 Å². The van der Waals surface area contributed by atoms with Gasteiger partial charge in [-0.05, 0) is 33.1 Å². The van der Waals surface area contributed by atoms with Crippen LogP contribution in [-0.2, 0) is 19.6 Å². The number of unbranched alkanes of at least 4 members (excludes halogenated alkanes) is 5. The van der Waals surface area contributed by atoms with Crippen molar-refractivity contribution in [2.75, 3.05) is 32.4 Å². The van der Waals surface area contributed by atoms with Crippen LogP contribution in [0.3, 0.4) is 0 Å². The molecule has 4 amide bonds. The molecule has 0 aliphatic carbocycles. The second-order valence-electron chi connectivity index (χ2n) is 9.53. The quantitative estimate of drug-likeness (QED) is 0.131. The first-order chi connectivity index (χ1) is 16.4. The maximum absolute atomic E-state index is 13.1. The van der Waals surface area contributed by atoms with Crippen LogP contribution in [0.4, 0.5) is 4.79 Å². The Bertz CT molecular complexity index is 870. The summed E-state index contributed by atoms with van der Waals surface area (Å²) >= 11 is 0. The van der Waals surface area contributed by atoms with E-state index < -0.39 is 39.2 Å². The molecule has 0 spiro atoms. The molecule has 0 aromatic rings. The van der Waals surface area contributed by atoms with E-state index in [1.165, 1.54) is 21.7 Å². The van der Waals surface area contributed by atoms with Gasteiger partial charge in [-0.3, -0.25) is 19.7 Å². The maximum atomic E-state index is 13.1. The topological polar surface area (TPSA) is 151 Å². The number of nitrogens with one attached hydrogen (secondary N) is 1. The molecular formula is C23H41N5O6S. The molecular weight excluding hydrogens is 474 g/mol. The Balaban J connectivity index is 2.79. The van der Waals surface area contributed by atoms with Crippen LogP contribution in [-0.4, -0.2) is 83.5 Å². The van der Waals surface area contributed by atoms with Gasteiger partial charge in [0.1, 0.15) is 5.54 Å². The number of carbonyl (C=O) groups excluding carboxylic acids is 3. The lowest BCUT2D eigenvalue weighted by atomic mass is 10.0. The summed E-state index contributed by atoms with van der Waals surface area (Å²) in [6.45, 7) is 5.75. The van der Waals surface area contributed by atoms with E-state index >= 15 is 0 Å². The fraction of sp³-hybridized carbons (Fsp3) is 0.826. The Morgan fingerprint density at radius 1 is 1.14 bits per heavy atom. The van der Waals surface area contributed by atoms with Crippen molar-refractivity contribution in [2.24, 2.45) is 5.92 Å².